The highest BCUT2D eigenvalue weighted by molar-refractivity contribution is 7.21. The van der Waals surface area contributed by atoms with Gasteiger partial charge < -0.3 is 14.8 Å². The lowest BCUT2D eigenvalue weighted by Gasteiger charge is -2.17. The number of carbonyl (C=O) groups excluding carboxylic acids is 2. The van der Waals surface area contributed by atoms with Crippen LogP contribution in [0.15, 0.2) is 72.8 Å². The second-order valence-corrected chi connectivity index (χ2v) is 9.39. The van der Waals surface area contributed by atoms with Crippen molar-refractivity contribution in [3.05, 3.63) is 83.9 Å². The number of ether oxygens (including phenoxy) is 2. The summed E-state index contributed by atoms with van der Waals surface area (Å²) in [5.41, 5.74) is 3.77. The van der Waals surface area contributed by atoms with E-state index in [1.807, 2.05) is 66.7 Å². The van der Waals surface area contributed by atoms with Crippen LogP contribution in [0.4, 0.5) is 0 Å². The number of benzene rings is 3. The lowest BCUT2D eigenvalue weighted by atomic mass is 9.96. The maximum Gasteiger partial charge on any atom is 0.307 e. The molecule has 0 aliphatic rings. The Kier molecular flexibility index (Phi) is 8.68. The van der Waals surface area contributed by atoms with E-state index in [2.05, 4.69) is 18.3 Å². The molecule has 1 heterocycles. The molecule has 0 fully saturated rings. The average molecular weight is 503 g/mol. The molecule has 1 N–H and O–H groups in total. The third-order valence-corrected chi connectivity index (χ3v) is 6.99. The number of nitrogens with one attached hydrogen (secondary N) is 1. The van der Waals surface area contributed by atoms with Gasteiger partial charge >= 0.3 is 5.97 Å². The third-order valence-electron chi connectivity index (χ3n) is 5.90. The van der Waals surface area contributed by atoms with Gasteiger partial charge in [-0.3, -0.25) is 9.59 Å². The topological polar surface area (TPSA) is 77.5 Å². The number of aromatic nitrogens is 1. The zero-order valence-corrected chi connectivity index (χ0v) is 21.3. The van der Waals surface area contributed by atoms with E-state index in [0.29, 0.717) is 18.8 Å². The van der Waals surface area contributed by atoms with Gasteiger partial charge in [-0.1, -0.05) is 31.2 Å². The number of hydrogen-bond acceptors (Lipinski definition) is 6. The maximum absolute atomic E-state index is 12.3. The highest BCUT2D eigenvalue weighted by atomic mass is 32.1. The summed E-state index contributed by atoms with van der Waals surface area (Å²) in [5.74, 6) is 0.500. The molecule has 6 nitrogen and oxygen atoms in total. The number of rotatable bonds is 11. The molecule has 36 heavy (non-hydrogen) atoms. The summed E-state index contributed by atoms with van der Waals surface area (Å²) in [5, 5.41) is 3.75. The van der Waals surface area contributed by atoms with Gasteiger partial charge in [-0.2, -0.15) is 0 Å². The number of esters is 1. The fourth-order valence-corrected chi connectivity index (χ4v) is 4.83. The number of fused-ring (bicyclic) bond motifs is 1. The van der Waals surface area contributed by atoms with Crippen LogP contribution < -0.4 is 10.1 Å². The molecule has 1 unspecified atom stereocenters. The third kappa shape index (κ3) is 6.49. The lowest BCUT2D eigenvalue weighted by molar-refractivity contribution is -0.142. The maximum atomic E-state index is 12.3. The van der Waals surface area contributed by atoms with E-state index in [1.54, 1.807) is 18.3 Å². The van der Waals surface area contributed by atoms with Gasteiger partial charge in [0.2, 0.25) is 0 Å². The Balaban J connectivity index is 1.31. The first kappa shape index (κ1) is 25.4. The van der Waals surface area contributed by atoms with Crippen LogP contribution in [-0.2, 0) is 9.53 Å². The van der Waals surface area contributed by atoms with Crippen LogP contribution >= 0.6 is 11.3 Å². The second kappa shape index (κ2) is 12.3. The Hall–Kier alpha value is -3.71. The van der Waals surface area contributed by atoms with Crippen LogP contribution in [0.1, 0.15) is 48.5 Å². The molecule has 0 spiro atoms. The number of para-hydroxylation sites is 1. The van der Waals surface area contributed by atoms with Gasteiger partial charge in [0.25, 0.3) is 5.91 Å². The van der Waals surface area contributed by atoms with Gasteiger partial charge in [0, 0.05) is 23.6 Å². The Morgan fingerprint density at radius 1 is 0.972 bits per heavy atom. The summed E-state index contributed by atoms with van der Waals surface area (Å²) < 4.78 is 12.1. The minimum Gasteiger partial charge on any atom is -0.493 e. The summed E-state index contributed by atoms with van der Waals surface area (Å²) in [6, 6.07) is 23.8. The molecule has 3 aromatic carbocycles. The molecule has 0 aliphatic heterocycles. The quantitative estimate of drug-likeness (QED) is 0.246. The summed E-state index contributed by atoms with van der Waals surface area (Å²) in [6.07, 6.45) is 1.07. The smallest absolute Gasteiger partial charge is 0.307 e. The monoisotopic (exact) mass is 502 g/mol. The van der Waals surface area contributed by atoms with Crippen LogP contribution in [0.3, 0.4) is 0 Å². The summed E-state index contributed by atoms with van der Waals surface area (Å²) >= 11 is 1.68. The van der Waals surface area contributed by atoms with Crippen LogP contribution in [-0.4, -0.2) is 36.6 Å². The molecule has 4 aromatic rings. The SMILES string of the molecule is CCOC(=O)CCNC(=O)c1ccc(C(CC)COc2ccc(-c3nc4ccccc4s3)cc2)cc1. The molecular weight excluding hydrogens is 472 g/mol. The molecule has 7 heteroatoms. The first-order valence-electron chi connectivity index (χ1n) is 12.2. The fourth-order valence-electron chi connectivity index (χ4n) is 3.86. The first-order chi connectivity index (χ1) is 17.6. The number of carbonyl (C=O) groups is 2. The van der Waals surface area contributed by atoms with Crippen molar-refractivity contribution in [1.29, 1.82) is 0 Å². The van der Waals surface area contributed by atoms with Crippen molar-refractivity contribution in [2.45, 2.75) is 32.6 Å². The van der Waals surface area contributed by atoms with E-state index < -0.39 is 0 Å². The van der Waals surface area contributed by atoms with Gasteiger partial charge in [0.05, 0.1) is 29.9 Å². The van der Waals surface area contributed by atoms with Crippen molar-refractivity contribution in [2.24, 2.45) is 0 Å². The van der Waals surface area contributed by atoms with E-state index in [-0.39, 0.29) is 30.8 Å². The molecule has 1 amide bonds. The van der Waals surface area contributed by atoms with Crippen LogP contribution in [0.5, 0.6) is 5.75 Å². The fraction of sp³-hybridized carbons (Fsp3) is 0.276. The van der Waals surface area contributed by atoms with Crippen LogP contribution in [0.2, 0.25) is 0 Å². The minimum absolute atomic E-state index is 0.161. The molecule has 4 rings (SSSR count). The van der Waals surface area contributed by atoms with Gasteiger partial charge in [0.1, 0.15) is 10.8 Å². The first-order valence-corrected chi connectivity index (χ1v) is 13.0. The molecule has 0 saturated heterocycles. The Morgan fingerprint density at radius 2 is 1.72 bits per heavy atom. The number of hydrogen-bond donors (Lipinski definition) is 1. The van der Waals surface area contributed by atoms with E-state index in [9.17, 15) is 9.59 Å². The molecule has 0 aliphatic carbocycles. The Bertz CT molecular complexity index is 1270. The Morgan fingerprint density at radius 3 is 2.42 bits per heavy atom. The zero-order valence-electron chi connectivity index (χ0n) is 20.5. The summed E-state index contributed by atoms with van der Waals surface area (Å²) in [7, 11) is 0. The van der Waals surface area contributed by atoms with Crippen molar-refractivity contribution in [3.63, 3.8) is 0 Å². The van der Waals surface area contributed by atoms with Crippen molar-refractivity contribution in [1.82, 2.24) is 10.3 Å². The van der Waals surface area contributed by atoms with E-state index in [1.165, 1.54) is 4.70 Å². The van der Waals surface area contributed by atoms with E-state index >= 15 is 0 Å². The molecule has 0 saturated carbocycles. The van der Waals surface area contributed by atoms with Gasteiger partial charge in [-0.05, 0) is 67.4 Å². The second-order valence-electron chi connectivity index (χ2n) is 8.36. The molecule has 0 radical (unpaired) electrons. The molecule has 1 atom stereocenters. The van der Waals surface area contributed by atoms with Gasteiger partial charge in [-0.25, -0.2) is 4.98 Å². The van der Waals surface area contributed by atoms with Crippen LogP contribution in [0.25, 0.3) is 20.8 Å². The number of thiazole rings is 1. The Labute approximate surface area is 215 Å². The van der Waals surface area contributed by atoms with Crippen molar-refractivity contribution in [3.8, 4) is 16.3 Å². The van der Waals surface area contributed by atoms with Gasteiger partial charge in [-0.15, -0.1) is 11.3 Å². The normalized spacial score (nSPS) is 11.7. The lowest BCUT2D eigenvalue weighted by Crippen LogP contribution is -2.26. The van der Waals surface area contributed by atoms with Crippen LogP contribution in [0, 0.1) is 0 Å². The average Bonchev–Trinajstić information content (AvgIpc) is 3.34. The van der Waals surface area contributed by atoms with Gasteiger partial charge in [0.15, 0.2) is 0 Å². The zero-order chi connectivity index (χ0) is 25.3. The van der Waals surface area contributed by atoms with E-state index in [4.69, 9.17) is 14.5 Å². The predicted molar refractivity (Wildman–Crippen MR) is 144 cm³/mol. The molecule has 186 valence electrons. The highest BCUT2D eigenvalue weighted by Gasteiger charge is 2.13. The molecular formula is C29H30N2O4S. The molecule has 0 bridgehead atoms. The molecule has 1 aromatic heterocycles. The summed E-state index contributed by atoms with van der Waals surface area (Å²) in [4.78, 5) is 28.5. The van der Waals surface area contributed by atoms with Crippen molar-refractivity contribution >= 4 is 33.4 Å². The summed E-state index contributed by atoms with van der Waals surface area (Å²) in [6.45, 7) is 5.02. The predicted octanol–water partition coefficient (Wildman–Crippen LogP) is 6.22. The highest BCUT2D eigenvalue weighted by Crippen LogP contribution is 2.31. The van der Waals surface area contributed by atoms with E-state index in [0.717, 1.165) is 33.8 Å². The number of amides is 1. The van der Waals surface area contributed by atoms with Crippen molar-refractivity contribution in [2.75, 3.05) is 19.8 Å². The minimum atomic E-state index is -0.315. The number of nitrogens with zero attached hydrogens (tertiary/aromatic N) is 1. The van der Waals surface area contributed by atoms with Crippen molar-refractivity contribution < 1.29 is 19.1 Å². The standard InChI is InChI=1S/C29H30N2O4S/c1-3-20(21-9-11-22(12-10-21)28(33)30-18-17-27(32)34-4-2)19-35-24-15-13-23(14-16-24)29-31-25-7-5-6-8-26(25)36-29/h5-16,20H,3-4,17-19H2,1-2H3,(H,30,33). The largest absolute Gasteiger partial charge is 0.493 e.